The van der Waals surface area contributed by atoms with Crippen LogP contribution in [0, 0.1) is 0 Å². The molecule has 0 aromatic carbocycles. The van der Waals surface area contributed by atoms with Gasteiger partial charge in [0.2, 0.25) is 0 Å². The Kier molecular flexibility index (Phi) is 2.64. The molecule has 0 radical (unpaired) electrons. The standard InChI is InChI=1S/C10H13F2N/c1-10(2,3)7-4-5-13-8(6-7)9(11)12/h4-6,9H,1-3H3. The SMILES string of the molecule is CC(C)(C)c1ccnc(C(F)F)c1. The molecule has 1 heterocycles. The van der Waals surface area contributed by atoms with E-state index in [4.69, 9.17) is 0 Å². The third kappa shape index (κ3) is 2.47. The fourth-order valence-corrected chi connectivity index (χ4v) is 1.03. The fraction of sp³-hybridized carbons (Fsp3) is 0.500. The highest BCUT2D eigenvalue weighted by atomic mass is 19.3. The molecule has 1 aromatic heterocycles. The van der Waals surface area contributed by atoms with Crippen LogP contribution in [0.15, 0.2) is 18.3 Å². The largest absolute Gasteiger partial charge is 0.280 e. The molecular formula is C10H13F2N. The third-order valence-electron chi connectivity index (χ3n) is 1.87. The second-order valence-corrected chi connectivity index (χ2v) is 4.02. The summed E-state index contributed by atoms with van der Waals surface area (Å²) in [4.78, 5) is 3.60. The molecule has 0 bridgehead atoms. The van der Waals surface area contributed by atoms with Gasteiger partial charge in [-0.05, 0) is 23.1 Å². The number of rotatable bonds is 1. The van der Waals surface area contributed by atoms with Gasteiger partial charge in [0, 0.05) is 6.20 Å². The summed E-state index contributed by atoms with van der Waals surface area (Å²) in [6.45, 7) is 5.95. The molecule has 0 saturated carbocycles. The Bertz CT molecular complexity index is 289. The lowest BCUT2D eigenvalue weighted by Crippen LogP contribution is -2.11. The van der Waals surface area contributed by atoms with Crippen molar-refractivity contribution >= 4 is 0 Å². The Morgan fingerprint density at radius 1 is 1.31 bits per heavy atom. The van der Waals surface area contributed by atoms with Crippen molar-refractivity contribution in [2.24, 2.45) is 0 Å². The molecule has 1 rings (SSSR count). The summed E-state index contributed by atoms with van der Waals surface area (Å²) in [6.07, 6.45) is -1.05. The molecule has 3 heteroatoms. The molecule has 0 unspecified atom stereocenters. The van der Waals surface area contributed by atoms with Gasteiger partial charge in [0.25, 0.3) is 6.43 Å². The monoisotopic (exact) mass is 185 g/mol. The van der Waals surface area contributed by atoms with E-state index in [1.165, 1.54) is 12.3 Å². The molecule has 0 fully saturated rings. The lowest BCUT2D eigenvalue weighted by atomic mass is 9.87. The Morgan fingerprint density at radius 3 is 2.38 bits per heavy atom. The van der Waals surface area contributed by atoms with Gasteiger partial charge >= 0.3 is 0 Å². The molecule has 0 aliphatic carbocycles. The van der Waals surface area contributed by atoms with Gasteiger partial charge < -0.3 is 0 Å². The van der Waals surface area contributed by atoms with Gasteiger partial charge in [0.1, 0.15) is 5.69 Å². The van der Waals surface area contributed by atoms with Crippen LogP contribution in [-0.4, -0.2) is 4.98 Å². The predicted octanol–water partition coefficient (Wildman–Crippen LogP) is 3.32. The zero-order valence-corrected chi connectivity index (χ0v) is 8.01. The summed E-state index contributed by atoms with van der Waals surface area (Å²) in [7, 11) is 0. The van der Waals surface area contributed by atoms with Crippen molar-refractivity contribution in [1.29, 1.82) is 0 Å². The van der Waals surface area contributed by atoms with E-state index < -0.39 is 6.43 Å². The summed E-state index contributed by atoms with van der Waals surface area (Å²) in [5, 5.41) is 0. The molecule has 0 saturated heterocycles. The molecule has 1 aromatic rings. The van der Waals surface area contributed by atoms with E-state index in [0.717, 1.165) is 5.56 Å². The van der Waals surface area contributed by atoms with Crippen molar-refractivity contribution in [2.75, 3.05) is 0 Å². The minimum absolute atomic E-state index is 0.105. The Hall–Kier alpha value is -0.990. The van der Waals surface area contributed by atoms with Crippen molar-refractivity contribution < 1.29 is 8.78 Å². The minimum atomic E-state index is -2.48. The van der Waals surface area contributed by atoms with Gasteiger partial charge in [-0.2, -0.15) is 0 Å². The van der Waals surface area contributed by atoms with Crippen molar-refractivity contribution in [3.8, 4) is 0 Å². The van der Waals surface area contributed by atoms with E-state index in [0.29, 0.717) is 0 Å². The maximum Gasteiger partial charge on any atom is 0.280 e. The van der Waals surface area contributed by atoms with Gasteiger partial charge in [-0.25, -0.2) is 8.78 Å². The van der Waals surface area contributed by atoms with Gasteiger partial charge in [0.15, 0.2) is 0 Å². The van der Waals surface area contributed by atoms with Crippen LogP contribution in [-0.2, 0) is 5.41 Å². The molecule has 0 atom stereocenters. The molecule has 1 nitrogen and oxygen atoms in total. The number of nitrogens with zero attached hydrogens (tertiary/aromatic N) is 1. The van der Waals surface area contributed by atoms with Crippen molar-refractivity contribution in [2.45, 2.75) is 32.6 Å². The Morgan fingerprint density at radius 2 is 1.92 bits per heavy atom. The highest BCUT2D eigenvalue weighted by Gasteiger charge is 2.16. The van der Waals surface area contributed by atoms with Crippen molar-refractivity contribution in [3.05, 3.63) is 29.6 Å². The smallest absolute Gasteiger partial charge is 0.255 e. The molecule has 72 valence electrons. The quantitative estimate of drug-likeness (QED) is 0.654. The predicted molar refractivity (Wildman–Crippen MR) is 47.9 cm³/mol. The minimum Gasteiger partial charge on any atom is -0.255 e. The average Bonchev–Trinajstić information content (AvgIpc) is 2.03. The van der Waals surface area contributed by atoms with Gasteiger partial charge in [0.05, 0.1) is 0 Å². The summed E-state index contributed by atoms with van der Waals surface area (Å²) < 4.78 is 24.5. The van der Waals surface area contributed by atoms with Crippen LogP contribution in [0.1, 0.15) is 38.5 Å². The molecule has 0 spiro atoms. The van der Waals surface area contributed by atoms with E-state index in [-0.39, 0.29) is 11.1 Å². The van der Waals surface area contributed by atoms with Crippen molar-refractivity contribution in [3.63, 3.8) is 0 Å². The van der Waals surface area contributed by atoms with Crippen LogP contribution in [0.3, 0.4) is 0 Å². The number of hydrogen-bond donors (Lipinski definition) is 0. The first-order chi connectivity index (χ1) is 5.91. The lowest BCUT2D eigenvalue weighted by Gasteiger charge is -2.19. The molecule has 0 amide bonds. The van der Waals surface area contributed by atoms with Crippen molar-refractivity contribution in [1.82, 2.24) is 4.98 Å². The maximum atomic E-state index is 12.3. The highest BCUT2D eigenvalue weighted by molar-refractivity contribution is 5.23. The first kappa shape index (κ1) is 10.1. The third-order valence-corrected chi connectivity index (χ3v) is 1.87. The van der Waals surface area contributed by atoms with Gasteiger partial charge in [-0.15, -0.1) is 0 Å². The number of pyridine rings is 1. The van der Waals surface area contributed by atoms with E-state index in [1.54, 1.807) is 6.07 Å². The Balaban J connectivity index is 3.06. The van der Waals surface area contributed by atoms with Crippen LogP contribution < -0.4 is 0 Å². The molecule has 0 aliphatic rings. The van der Waals surface area contributed by atoms with Gasteiger partial charge in [-0.1, -0.05) is 20.8 Å². The fourth-order valence-electron chi connectivity index (χ4n) is 1.03. The van der Waals surface area contributed by atoms with Crippen LogP contribution in [0.4, 0.5) is 8.78 Å². The molecule has 13 heavy (non-hydrogen) atoms. The summed E-state index contributed by atoms with van der Waals surface area (Å²) >= 11 is 0. The first-order valence-electron chi connectivity index (χ1n) is 4.16. The zero-order valence-electron chi connectivity index (χ0n) is 8.01. The number of halogens is 2. The Labute approximate surface area is 76.8 Å². The second-order valence-electron chi connectivity index (χ2n) is 4.02. The normalized spacial score (nSPS) is 12.2. The summed E-state index contributed by atoms with van der Waals surface area (Å²) in [6, 6.07) is 3.23. The molecular weight excluding hydrogens is 172 g/mol. The van der Waals surface area contributed by atoms with Crippen LogP contribution in [0.25, 0.3) is 0 Å². The molecule has 0 aliphatic heterocycles. The van der Waals surface area contributed by atoms with Gasteiger partial charge in [-0.3, -0.25) is 4.98 Å². The number of aromatic nitrogens is 1. The lowest BCUT2D eigenvalue weighted by molar-refractivity contribution is 0.146. The summed E-state index contributed by atoms with van der Waals surface area (Å²) in [5.74, 6) is 0. The van der Waals surface area contributed by atoms with E-state index in [1.807, 2.05) is 20.8 Å². The van der Waals surface area contributed by atoms with Crippen LogP contribution in [0.2, 0.25) is 0 Å². The topological polar surface area (TPSA) is 12.9 Å². The first-order valence-corrected chi connectivity index (χ1v) is 4.16. The number of hydrogen-bond acceptors (Lipinski definition) is 1. The summed E-state index contributed by atoms with van der Waals surface area (Å²) in [5.41, 5.74) is 0.636. The van der Waals surface area contributed by atoms with E-state index >= 15 is 0 Å². The van der Waals surface area contributed by atoms with Crippen LogP contribution in [0.5, 0.6) is 0 Å². The maximum absolute atomic E-state index is 12.3. The molecule has 0 N–H and O–H groups in total. The van der Waals surface area contributed by atoms with E-state index in [9.17, 15) is 8.78 Å². The van der Waals surface area contributed by atoms with E-state index in [2.05, 4.69) is 4.98 Å². The second kappa shape index (κ2) is 3.40. The zero-order chi connectivity index (χ0) is 10.1. The average molecular weight is 185 g/mol. The van der Waals surface area contributed by atoms with Crippen LogP contribution >= 0.6 is 0 Å². The highest BCUT2D eigenvalue weighted by Crippen LogP contribution is 2.25. The number of alkyl halides is 2.